The first-order valence-corrected chi connectivity index (χ1v) is 10.4. The van der Waals surface area contributed by atoms with Crippen molar-refractivity contribution in [3.63, 3.8) is 0 Å². The van der Waals surface area contributed by atoms with Gasteiger partial charge in [-0.25, -0.2) is 0 Å². The molecule has 42 heavy (non-hydrogen) atoms. The third kappa shape index (κ3) is 22.1. The fourth-order valence-electron chi connectivity index (χ4n) is 1.99. The van der Waals surface area contributed by atoms with Crippen LogP contribution in [0.3, 0.4) is 0 Å². The van der Waals surface area contributed by atoms with Crippen LogP contribution in [0.5, 0.6) is 0 Å². The van der Waals surface area contributed by atoms with Crippen molar-refractivity contribution < 1.29 is 217 Å². The van der Waals surface area contributed by atoms with Crippen molar-refractivity contribution in [2.75, 3.05) is 19.8 Å². The van der Waals surface area contributed by atoms with Crippen molar-refractivity contribution in [2.24, 2.45) is 0 Å². The summed E-state index contributed by atoms with van der Waals surface area (Å²) in [5.41, 5.74) is 0. The minimum absolute atomic E-state index is 0. The van der Waals surface area contributed by atoms with Gasteiger partial charge in [0.1, 0.15) is 73.2 Å². The van der Waals surface area contributed by atoms with Crippen molar-refractivity contribution in [2.45, 2.75) is 73.2 Å². The Labute approximate surface area is 323 Å². The summed E-state index contributed by atoms with van der Waals surface area (Å²) >= 11 is 0. The van der Waals surface area contributed by atoms with E-state index in [1.807, 2.05) is 0 Å². The van der Waals surface area contributed by atoms with Crippen LogP contribution in [0, 0.1) is 0 Å². The van der Waals surface area contributed by atoms with E-state index in [1.54, 1.807) is 0 Å². The average molecular weight is 671 g/mol. The monoisotopic (exact) mass is 670 g/mol. The van der Waals surface area contributed by atoms with Crippen LogP contribution in [0.1, 0.15) is 0 Å². The number of carbonyl (C=O) groups is 3. The number of aliphatic carboxylic acids is 3. The predicted octanol–water partition coefficient (Wildman–Crippen LogP) is -23.5. The zero-order valence-electron chi connectivity index (χ0n) is 22.7. The Morgan fingerprint density at radius 1 is 0.405 bits per heavy atom. The summed E-state index contributed by atoms with van der Waals surface area (Å²) in [4.78, 5) is 29.9. The summed E-state index contributed by atoms with van der Waals surface area (Å²) in [5, 5.41) is 160. The van der Waals surface area contributed by atoms with Crippen LogP contribution in [0.4, 0.5) is 0 Å². The minimum Gasteiger partial charge on any atom is -0.547 e. The molecule has 0 saturated carbocycles. The molecule has 15 N–H and O–H groups in total. The number of carboxylic acid groups (broad SMARTS) is 3. The summed E-state index contributed by atoms with van der Waals surface area (Å²) in [7, 11) is 0. The number of hydrogen-bond donors (Lipinski definition) is 15. The maximum absolute atomic E-state index is 9.98. The molecule has 0 saturated heterocycles. The number of hydrogen-bond acceptors (Lipinski definition) is 21. The summed E-state index contributed by atoms with van der Waals surface area (Å²) in [5.74, 6) is -5.93. The SMILES string of the molecule is O=C([O-])[C@H](O)[C@@H](O)[C@H](O)[C@H](O)CO.O=C([O-])[C@H](O)[C@@H](O)[C@H](O)[C@H](O)CO.O=C([O-])[C@H](O)[C@@H](O)[C@H](O)[C@H](O)CO.[K+].[Na+].[Na+]. The maximum atomic E-state index is 9.98. The van der Waals surface area contributed by atoms with Crippen LogP contribution in [0.15, 0.2) is 0 Å². The molecule has 0 rings (SSSR count). The molecule has 0 aliphatic rings. The summed E-state index contributed by atoms with van der Waals surface area (Å²) in [6, 6.07) is 0. The van der Waals surface area contributed by atoms with E-state index in [2.05, 4.69) is 0 Å². The van der Waals surface area contributed by atoms with Crippen molar-refractivity contribution in [3.05, 3.63) is 0 Å². The van der Waals surface area contributed by atoms with Crippen LogP contribution in [-0.2, 0) is 14.4 Å². The maximum Gasteiger partial charge on any atom is 1.00 e. The fraction of sp³-hybridized carbons (Fsp3) is 0.833. The van der Waals surface area contributed by atoms with Gasteiger partial charge < -0.3 is 106 Å². The van der Waals surface area contributed by atoms with E-state index >= 15 is 0 Å². The third-order valence-corrected chi connectivity index (χ3v) is 4.49. The standard InChI is InChI=1S/3C6H12O7.K.2Na/c3*7-1-2(8)3(9)4(10)5(11)6(12)13;;;/h3*2-5,7-11H,1H2,(H,12,13);;;/q;;;3*+1/p-3/t3*2-,3-,4+,5-;;;/m111.../s1. The third-order valence-electron chi connectivity index (χ3n) is 4.49. The smallest absolute Gasteiger partial charge is 0.547 e. The van der Waals surface area contributed by atoms with E-state index in [1.165, 1.54) is 0 Å². The van der Waals surface area contributed by atoms with E-state index < -0.39 is 111 Å². The number of aliphatic hydroxyl groups is 15. The zero-order chi connectivity index (χ0) is 31.8. The van der Waals surface area contributed by atoms with Gasteiger partial charge in [0.05, 0.1) is 37.7 Å². The summed E-state index contributed by atoms with van der Waals surface area (Å²) < 4.78 is 0. The fourth-order valence-corrected chi connectivity index (χ4v) is 1.99. The molecule has 12 atom stereocenters. The molecule has 0 unspecified atom stereocenters. The molecule has 24 heteroatoms. The molecular weight excluding hydrogens is 637 g/mol. The topological polar surface area (TPSA) is 424 Å². The van der Waals surface area contributed by atoms with Crippen molar-refractivity contribution in [3.8, 4) is 0 Å². The van der Waals surface area contributed by atoms with Gasteiger partial charge in [-0.15, -0.1) is 0 Å². The second-order valence-corrected chi connectivity index (χ2v) is 7.48. The molecule has 0 spiro atoms. The molecule has 21 nitrogen and oxygen atoms in total. The number of carbonyl (C=O) groups excluding carboxylic acids is 3. The molecule has 0 heterocycles. The molecule has 0 aliphatic heterocycles. The Morgan fingerprint density at radius 3 is 0.643 bits per heavy atom. The normalized spacial score (nSPS) is 18.9. The molecule has 0 aromatic rings. The van der Waals surface area contributed by atoms with Crippen LogP contribution in [0.2, 0.25) is 0 Å². The molecule has 0 amide bonds. The van der Waals surface area contributed by atoms with Gasteiger partial charge in [-0.2, -0.15) is 0 Å². The molecule has 0 aliphatic carbocycles. The van der Waals surface area contributed by atoms with Gasteiger partial charge in [0.25, 0.3) is 0 Å². The van der Waals surface area contributed by atoms with Gasteiger partial charge in [-0.3, -0.25) is 0 Å². The molecule has 234 valence electrons. The van der Waals surface area contributed by atoms with Crippen molar-refractivity contribution in [1.29, 1.82) is 0 Å². The number of rotatable bonds is 15. The van der Waals surface area contributed by atoms with Gasteiger partial charge >= 0.3 is 110 Å². The Bertz CT molecular complexity index is 620. The Morgan fingerprint density at radius 2 is 0.548 bits per heavy atom. The van der Waals surface area contributed by atoms with Crippen LogP contribution in [0.25, 0.3) is 0 Å². The molecule has 0 radical (unpaired) electrons. The van der Waals surface area contributed by atoms with E-state index in [-0.39, 0.29) is 110 Å². The van der Waals surface area contributed by atoms with Crippen molar-refractivity contribution >= 4 is 17.9 Å². The first kappa shape index (κ1) is 55.8. The van der Waals surface area contributed by atoms with Gasteiger partial charge in [0, 0.05) is 0 Å². The van der Waals surface area contributed by atoms with E-state index in [9.17, 15) is 29.7 Å². The summed E-state index contributed by atoms with van der Waals surface area (Å²) in [6.45, 7) is -2.59. The molecule has 0 fully saturated rings. The van der Waals surface area contributed by atoms with Gasteiger partial charge in [0.15, 0.2) is 0 Å². The Kier molecular flexibility index (Phi) is 39.6. The number of aliphatic hydroxyl groups excluding tert-OH is 15. The van der Waals surface area contributed by atoms with E-state index in [0.717, 1.165) is 0 Å². The molecule has 0 aromatic carbocycles. The largest absolute Gasteiger partial charge is 1.00 e. The second-order valence-electron chi connectivity index (χ2n) is 7.48. The molecule has 0 aromatic heterocycles. The van der Waals surface area contributed by atoms with E-state index in [4.69, 9.17) is 76.6 Å². The zero-order valence-corrected chi connectivity index (χ0v) is 29.8. The van der Waals surface area contributed by atoms with Crippen LogP contribution >= 0.6 is 0 Å². The molecular formula is C18H33KNa2O21. The minimum atomic E-state index is -2.31. The van der Waals surface area contributed by atoms with Crippen LogP contribution < -0.4 is 126 Å². The second kappa shape index (κ2) is 29.8. The predicted molar refractivity (Wildman–Crippen MR) is 108 cm³/mol. The Balaban J connectivity index is -0.000000112. The number of carboxylic acids is 3. The first-order chi connectivity index (χ1) is 17.7. The average Bonchev–Trinajstić information content (AvgIpc) is 2.92. The molecule has 0 bridgehead atoms. The van der Waals surface area contributed by atoms with Gasteiger partial charge in [-0.1, -0.05) is 0 Å². The van der Waals surface area contributed by atoms with Gasteiger partial charge in [-0.05, 0) is 0 Å². The van der Waals surface area contributed by atoms with Gasteiger partial charge in [0.2, 0.25) is 0 Å². The quantitative estimate of drug-likeness (QED) is 0.0719. The first-order valence-electron chi connectivity index (χ1n) is 10.4. The summed E-state index contributed by atoms with van der Waals surface area (Å²) in [6.07, 6.45) is -24.2. The Hall–Kier alpha value is 1.45. The van der Waals surface area contributed by atoms with Crippen molar-refractivity contribution in [1.82, 2.24) is 0 Å². The van der Waals surface area contributed by atoms with E-state index in [0.29, 0.717) is 0 Å². The van der Waals surface area contributed by atoms with Crippen LogP contribution in [-0.4, -0.2) is 188 Å².